The van der Waals surface area contributed by atoms with Crippen molar-refractivity contribution in [2.45, 2.75) is 32.9 Å². The van der Waals surface area contributed by atoms with Gasteiger partial charge in [-0.15, -0.1) is 0 Å². The Bertz CT molecular complexity index is 538. The van der Waals surface area contributed by atoms with E-state index in [4.69, 9.17) is 16.9 Å². The summed E-state index contributed by atoms with van der Waals surface area (Å²) >= 11 is 5.92. The number of halogens is 1. The summed E-state index contributed by atoms with van der Waals surface area (Å²) in [6.07, 6.45) is -0.496. The molecule has 0 aliphatic rings. The molecule has 5 nitrogen and oxygen atoms in total. The first-order valence-electron chi connectivity index (χ1n) is 6.75. The van der Waals surface area contributed by atoms with E-state index in [9.17, 15) is 9.90 Å². The van der Waals surface area contributed by atoms with Crippen LogP contribution >= 0.6 is 11.6 Å². The van der Waals surface area contributed by atoms with Crippen molar-refractivity contribution in [1.82, 2.24) is 4.90 Å². The first-order valence-corrected chi connectivity index (χ1v) is 7.13. The summed E-state index contributed by atoms with van der Waals surface area (Å²) in [5, 5.41) is 21.3. The van der Waals surface area contributed by atoms with E-state index < -0.39 is 6.10 Å². The van der Waals surface area contributed by atoms with E-state index in [1.165, 1.54) is 0 Å². The summed E-state index contributed by atoms with van der Waals surface area (Å²) in [6.45, 7) is 6.23. The Labute approximate surface area is 130 Å². The average molecular weight is 310 g/mol. The maximum absolute atomic E-state index is 12.0. The lowest BCUT2D eigenvalue weighted by Crippen LogP contribution is -2.41. The quantitative estimate of drug-likeness (QED) is 0.845. The van der Waals surface area contributed by atoms with E-state index in [1.807, 2.05) is 24.8 Å². The highest BCUT2D eigenvalue weighted by molar-refractivity contribution is 6.32. The van der Waals surface area contributed by atoms with Gasteiger partial charge in [-0.25, -0.2) is 0 Å². The fraction of sp³-hybridized carbons (Fsp3) is 0.467. The Morgan fingerprint density at radius 1 is 1.48 bits per heavy atom. The third-order valence-electron chi connectivity index (χ3n) is 2.95. The van der Waals surface area contributed by atoms with Crippen LogP contribution in [0.15, 0.2) is 18.2 Å². The van der Waals surface area contributed by atoms with Crippen LogP contribution in [0.3, 0.4) is 0 Å². The van der Waals surface area contributed by atoms with Gasteiger partial charge in [-0.3, -0.25) is 9.69 Å². The molecule has 0 aliphatic heterocycles. The number of amides is 1. The fourth-order valence-electron chi connectivity index (χ4n) is 1.87. The summed E-state index contributed by atoms with van der Waals surface area (Å²) in [5.41, 5.74) is 0.914. The molecule has 1 rings (SSSR count). The Kier molecular flexibility index (Phi) is 6.63. The van der Waals surface area contributed by atoms with Crippen molar-refractivity contribution in [2.24, 2.45) is 0 Å². The van der Waals surface area contributed by atoms with Gasteiger partial charge in [-0.1, -0.05) is 11.6 Å². The molecule has 1 aromatic rings. The molecule has 1 aromatic carbocycles. The van der Waals surface area contributed by atoms with Crippen LogP contribution in [0.5, 0.6) is 0 Å². The molecule has 0 saturated heterocycles. The van der Waals surface area contributed by atoms with Gasteiger partial charge in [0.05, 0.1) is 23.2 Å². The van der Waals surface area contributed by atoms with Crippen LogP contribution in [0.2, 0.25) is 5.02 Å². The number of benzene rings is 1. The van der Waals surface area contributed by atoms with E-state index >= 15 is 0 Å². The molecule has 0 saturated carbocycles. The molecule has 0 bridgehead atoms. The molecule has 0 spiro atoms. The summed E-state index contributed by atoms with van der Waals surface area (Å²) in [6, 6.07) is 6.86. The number of hydrogen-bond donors (Lipinski definition) is 2. The number of nitrogens with zero attached hydrogens (tertiary/aromatic N) is 2. The minimum absolute atomic E-state index is 0.148. The molecular formula is C15H20ClN3O2. The van der Waals surface area contributed by atoms with E-state index in [0.717, 1.165) is 0 Å². The highest BCUT2D eigenvalue weighted by Crippen LogP contribution is 2.20. The van der Waals surface area contributed by atoms with Gasteiger partial charge >= 0.3 is 0 Å². The molecule has 0 fully saturated rings. The predicted molar refractivity (Wildman–Crippen MR) is 83.2 cm³/mol. The Morgan fingerprint density at radius 2 is 2.14 bits per heavy atom. The van der Waals surface area contributed by atoms with E-state index in [-0.39, 0.29) is 18.5 Å². The van der Waals surface area contributed by atoms with E-state index in [1.54, 1.807) is 25.1 Å². The van der Waals surface area contributed by atoms with E-state index in [2.05, 4.69) is 5.32 Å². The molecule has 0 aliphatic carbocycles. The number of carbonyl (C=O) groups excluding carboxylic acids is 1. The second-order valence-electron chi connectivity index (χ2n) is 5.23. The van der Waals surface area contributed by atoms with Crippen molar-refractivity contribution in [3.8, 4) is 6.07 Å². The first-order chi connectivity index (χ1) is 9.83. The van der Waals surface area contributed by atoms with Crippen LogP contribution in [-0.2, 0) is 4.79 Å². The van der Waals surface area contributed by atoms with Gasteiger partial charge in [0.15, 0.2) is 0 Å². The molecule has 0 radical (unpaired) electrons. The Morgan fingerprint density at radius 3 is 2.62 bits per heavy atom. The Hall–Kier alpha value is -1.61. The third kappa shape index (κ3) is 5.72. The molecular weight excluding hydrogens is 290 g/mol. The molecule has 114 valence electrons. The minimum atomic E-state index is -0.496. The van der Waals surface area contributed by atoms with Crippen LogP contribution in [0.25, 0.3) is 0 Å². The van der Waals surface area contributed by atoms with Crippen molar-refractivity contribution in [1.29, 1.82) is 5.26 Å². The average Bonchev–Trinajstić information content (AvgIpc) is 2.37. The molecule has 1 unspecified atom stereocenters. The molecule has 2 N–H and O–H groups in total. The normalized spacial score (nSPS) is 12.3. The van der Waals surface area contributed by atoms with Gasteiger partial charge in [0.25, 0.3) is 0 Å². The molecule has 21 heavy (non-hydrogen) atoms. The smallest absolute Gasteiger partial charge is 0.238 e. The highest BCUT2D eigenvalue weighted by atomic mass is 35.5. The number of hydrogen-bond acceptors (Lipinski definition) is 4. The number of nitrogens with one attached hydrogen (secondary N) is 1. The topological polar surface area (TPSA) is 76.4 Å². The molecule has 0 heterocycles. The number of aliphatic hydroxyl groups excluding tert-OH is 1. The third-order valence-corrected chi connectivity index (χ3v) is 3.26. The SMILES string of the molecule is CC(O)CN(CC(=O)Nc1ccc(C#N)c(Cl)c1)C(C)C. The molecule has 1 atom stereocenters. The van der Waals surface area contributed by atoms with Crippen molar-refractivity contribution < 1.29 is 9.90 Å². The van der Waals surface area contributed by atoms with E-state index in [0.29, 0.717) is 22.8 Å². The van der Waals surface area contributed by atoms with Crippen LogP contribution in [0, 0.1) is 11.3 Å². The maximum atomic E-state index is 12.0. The lowest BCUT2D eigenvalue weighted by atomic mass is 10.2. The van der Waals surface area contributed by atoms with Crippen LogP contribution in [0.4, 0.5) is 5.69 Å². The van der Waals surface area contributed by atoms with Gasteiger partial charge < -0.3 is 10.4 Å². The van der Waals surface area contributed by atoms with Gasteiger partial charge in [-0.2, -0.15) is 5.26 Å². The van der Waals surface area contributed by atoms with Gasteiger partial charge in [0, 0.05) is 18.3 Å². The second kappa shape index (κ2) is 7.99. The van der Waals surface area contributed by atoms with Crippen molar-refractivity contribution in [3.63, 3.8) is 0 Å². The number of anilines is 1. The summed E-state index contributed by atoms with van der Waals surface area (Å²) in [7, 11) is 0. The second-order valence-corrected chi connectivity index (χ2v) is 5.63. The molecule has 6 heteroatoms. The predicted octanol–water partition coefficient (Wildman–Crippen LogP) is 2.24. The van der Waals surface area contributed by atoms with Gasteiger partial charge in [0.1, 0.15) is 6.07 Å². The van der Waals surface area contributed by atoms with Gasteiger partial charge in [0.2, 0.25) is 5.91 Å². The zero-order chi connectivity index (χ0) is 16.0. The number of rotatable bonds is 6. The van der Waals surface area contributed by atoms with Crippen LogP contribution in [-0.4, -0.2) is 41.1 Å². The minimum Gasteiger partial charge on any atom is -0.392 e. The lowest BCUT2D eigenvalue weighted by Gasteiger charge is -2.26. The monoisotopic (exact) mass is 309 g/mol. The van der Waals surface area contributed by atoms with Crippen LogP contribution < -0.4 is 5.32 Å². The number of aliphatic hydroxyl groups is 1. The number of carbonyl (C=O) groups is 1. The molecule has 0 aromatic heterocycles. The summed E-state index contributed by atoms with van der Waals surface area (Å²) < 4.78 is 0. The van der Waals surface area contributed by atoms with Crippen molar-refractivity contribution >= 4 is 23.2 Å². The summed E-state index contributed by atoms with van der Waals surface area (Å²) in [4.78, 5) is 13.9. The maximum Gasteiger partial charge on any atom is 0.238 e. The van der Waals surface area contributed by atoms with Gasteiger partial charge in [-0.05, 0) is 39.0 Å². The fourth-order valence-corrected chi connectivity index (χ4v) is 2.09. The Balaban J connectivity index is 2.68. The molecule has 1 amide bonds. The first kappa shape index (κ1) is 17.4. The number of nitriles is 1. The lowest BCUT2D eigenvalue weighted by molar-refractivity contribution is -0.118. The summed E-state index contributed by atoms with van der Waals surface area (Å²) in [5.74, 6) is -0.190. The zero-order valence-corrected chi connectivity index (χ0v) is 13.2. The van der Waals surface area contributed by atoms with Crippen molar-refractivity contribution in [2.75, 3.05) is 18.4 Å². The largest absolute Gasteiger partial charge is 0.392 e. The van der Waals surface area contributed by atoms with Crippen LogP contribution in [0.1, 0.15) is 26.3 Å². The van der Waals surface area contributed by atoms with Crippen molar-refractivity contribution in [3.05, 3.63) is 28.8 Å². The zero-order valence-electron chi connectivity index (χ0n) is 12.4. The highest BCUT2D eigenvalue weighted by Gasteiger charge is 2.16. The standard InChI is InChI=1S/C15H20ClN3O2/c1-10(2)19(8-11(3)20)9-15(21)18-13-5-4-12(7-17)14(16)6-13/h4-6,10-11,20H,8-9H2,1-3H3,(H,18,21).